The van der Waals surface area contributed by atoms with Gasteiger partial charge in [0.1, 0.15) is 0 Å². The second-order valence-electron chi connectivity index (χ2n) is 5.14. The number of nitrogens with zero attached hydrogens (tertiary/aromatic N) is 1. The van der Waals surface area contributed by atoms with Crippen LogP contribution in [0, 0.1) is 0 Å². The van der Waals surface area contributed by atoms with Gasteiger partial charge >= 0.3 is 0 Å². The second-order valence-corrected chi connectivity index (χ2v) is 7.01. The molecule has 0 saturated carbocycles. The molecule has 0 atom stereocenters. The van der Waals surface area contributed by atoms with Crippen molar-refractivity contribution in [3.8, 4) is 0 Å². The topological polar surface area (TPSA) is 22.0 Å². The lowest BCUT2D eigenvalue weighted by molar-refractivity contribution is 0.802. The fourth-order valence-corrected chi connectivity index (χ4v) is 2.90. The maximum atomic E-state index is 11.9. The number of aromatic nitrogens is 1. The van der Waals surface area contributed by atoms with Crippen LogP contribution in [0.2, 0.25) is 0 Å². The normalized spacial score (nSPS) is 12.0. The van der Waals surface area contributed by atoms with Gasteiger partial charge in [0.05, 0.1) is 5.52 Å². The summed E-state index contributed by atoms with van der Waals surface area (Å²) in [7, 11) is 1.82. The molecule has 3 heteroatoms. The number of para-hydroxylation sites is 1. The van der Waals surface area contributed by atoms with Crippen molar-refractivity contribution in [2.24, 2.45) is 7.05 Å². The fourth-order valence-electron chi connectivity index (χ4n) is 1.79. The highest BCUT2D eigenvalue weighted by molar-refractivity contribution is 8.00. The lowest BCUT2D eigenvalue weighted by Crippen LogP contribution is -2.17. The Bertz CT molecular complexity index is 608. The highest BCUT2D eigenvalue weighted by Gasteiger charge is 2.15. The Morgan fingerprint density at radius 3 is 2.47 bits per heavy atom. The van der Waals surface area contributed by atoms with Gasteiger partial charge in [-0.3, -0.25) is 4.79 Å². The van der Waals surface area contributed by atoms with Gasteiger partial charge in [0, 0.05) is 28.1 Å². The van der Waals surface area contributed by atoms with Crippen LogP contribution < -0.4 is 5.56 Å². The van der Waals surface area contributed by atoms with Crippen molar-refractivity contribution in [1.29, 1.82) is 0 Å². The molecule has 2 nitrogen and oxygen atoms in total. The number of aryl methyl sites for hydroxylation is 1. The number of thioether (sulfide) groups is 1. The van der Waals surface area contributed by atoms with Crippen molar-refractivity contribution >= 4 is 22.7 Å². The third-order valence-corrected chi connectivity index (χ3v) is 3.70. The standard InChI is InChI=1S/C14H17NOS/c1-14(2,3)17-12-9-13(16)15(4)11-8-6-5-7-10(11)12/h5-9H,1-4H3. The molecule has 2 rings (SSSR count). The highest BCUT2D eigenvalue weighted by Crippen LogP contribution is 2.35. The summed E-state index contributed by atoms with van der Waals surface area (Å²) in [6.07, 6.45) is 0. The maximum absolute atomic E-state index is 11.9. The summed E-state index contributed by atoms with van der Waals surface area (Å²) < 4.78 is 1.80. The summed E-state index contributed by atoms with van der Waals surface area (Å²) >= 11 is 1.74. The van der Waals surface area contributed by atoms with Crippen LogP contribution in [0.15, 0.2) is 40.0 Å². The molecule has 0 N–H and O–H groups in total. The average Bonchev–Trinajstić information content (AvgIpc) is 2.24. The number of benzene rings is 1. The Hall–Kier alpha value is -1.22. The smallest absolute Gasteiger partial charge is 0.251 e. The summed E-state index contributed by atoms with van der Waals surface area (Å²) in [6.45, 7) is 6.47. The molecule has 0 spiro atoms. The number of pyridine rings is 1. The first-order valence-electron chi connectivity index (χ1n) is 5.66. The van der Waals surface area contributed by atoms with Crippen molar-refractivity contribution in [2.75, 3.05) is 0 Å². The Morgan fingerprint density at radius 2 is 1.82 bits per heavy atom. The monoisotopic (exact) mass is 247 g/mol. The zero-order valence-electron chi connectivity index (χ0n) is 10.7. The van der Waals surface area contributed by atoms with E-state index >= 15 is 0 Å². The largest absolute Gasteiger partial charge is 0.311 e. The molecule has 0 aliphatic carbocycles. The van der Waals surface area contributed by atoms with E-state index in [1.165, 1.54) is 0 Å². The lowest BCUT2D eigenvalue weighted by atomic mass is 10.2. The second kappa shape index (κ2) is 4.22. The Kier molecular flexibility index (Phi) is 3.04. The van der Waals surface area contributed by atoms with E-state index in [1.54, 1.807) is 22.4 Å². The summed E-state index contributed by atoms with van der Waals surface area (Å²) in [4.78, 5) is 13.0. The molecule has 1 aromatic carbocycles. The molecule has 1 aromatic heterocycles. The third-order valence-electron chi connectivity index (χ3n) is 2.53. The molecule has 17 heavy (non-hydrogen) atoms. The fraction of sp³-hybridized carbons (Fsp3) is 0.357. The van der Waals surface area contributed by atoms with E-state index in [0.29, 0.717) is 0 Å². The molecule has 0 saturated heterocycles. The lowest BCUT2D eigenvalue weighted by Gasteiger charge is -2.19. The van der Waals surface area contributed by atoms with E-state index in [4.69, 9.17) is 0 Å². The summed E-state index contributed by atoms with van der Waals surface area (Å²) in [6, 6.07) is 9.78. The maximum Gasteiger partial charge on any atom is 0.251 e. The van der Waals surface area contributed by atoms with Gasteiger partial charge in [-0.25, -0.2) is 0 Å². The molecule has 0 aliphatic rings. The number of rotatable bonds is 1. The van der Waals surface area contributed by atoms with Gasteiger partial charge in [0.2, 0.25) is 0 Å². The quantitative estimate of drug-likeness (QED) is 0.720. The van der Waals surface area contributed by atoms with Crippen LogP contribution >= 0.6 is 11.8 Å². The van der Waals surface area contributed by atoms with Crippen LogP contribution in [-0.4, -0.2) is 9.31 Å². The van der Waals surface area contributed by atoms with Crippen LogP contribution in [0.4, 0.5) is 0 Å². The molecule has 0 radical (unpaired) electrons. The van der Waals surface area contributed by atoms with Gasteiger partial charge in [0.25, 0.3) is 5.56 Å². The van der Waals surface area contributed by atoms with Crippen LogP contribution in [0.1, 0.15) is 20.8 Å². The molecule has 0 amide bonds. The van der Waals surface area contributed by atoms with E-state index in [2.05, 4.69) is 26.8 Å². The van der Waals surface area contributed by atoms with Gasteiger partial charge in [-0.15, -0.1) is 11.8 Å². The predicted molar refractivity (Wildman–Crippen MR) is 74.8 cm³/mol. The van der Waals surface area contributed by atoms with E-state index in [-0.39, 0.29) is 10.3 Å². The van der Waals surface area contributed by atoms with Crippen molar-refractivity contribution in [3.05, 3.63) is 40.7 Å². The minimum atomic E-state index is 0.0513. The van der Waals surface area contributed by atoms with Crippen LogP contribution in [0.25, 0.3) is 10.9 Å². The summed E-state index contributed by atoms with van der Waals surface area (Å²) in [5.41, 5.74) is 1.04. The Balaban J connectivity index is 2.72. The van der Waals surface area contributed by atoms with Crippen molar-refractivity contribution in [2.45, 2.75) is 30.4 Å². The first-order valence-corrected chi connectivity index (χ1v) is 6.48. The molecule has 0 aliphatic heterocycles. The summed E-state index contributed by atoms with van der Waals surface area (Å²) in [5.74, 6) is 0. The first-order chi connectivity index (χ1) is 7.88. The Morgan fingerprint density at radius 1 is 1.18 bits per heavy atom. The summed E-state index contributed by atoms with van der Waals surface area (Å²) in [5, 5.41) is 1.15. The van der Waals surface area contributed by atoms with Gasteiger partial charge in [-0.05, 0) is 6.07 Å². The average molecular weight is 247 g/mol. The van der Waals surface area contributed by atoms with E-state index in [9.17, 15) is 4.79 Å². The van der Waals surface area contributed by atoms with Crippen LogP contribution in [0.5, 0.6) is 0 Å². The highest BCUT2D eigenvalue weighted by atomic mass is 32.2. The van der Waals surface area contributed by atoms with Crippen LogP contribution in [0.3, 0.4) is 0 Å². The zero-order valence-corrected chi connectivity index (χ0v) is 11.5. The SMILES string of the molecule is Cn1c(=O)cc(SC(C)(C)C)c2ccccc21. The third kappa shape index (κ3) is 2.55. The van der Waals surface area contributed by atoms with Gasteiger partial charge in [0.15, 0.2) is 0 Å². The molecule has 1 heterocycles. The van der Waals surface area contributed by atoms with Gasteiger partial charge < -0.3 is 4.57 Å². The van der Waals surface area contributed by atoms with E-state index in [0.717, 1.165) is 15.8 Å². The molecular weight excluding hydrogens is 230 g/mol. The molecule has 2 aromatic rings. The van der Waals surface area contributed by atoms with Crippen molar-refractivity contribution < 1.29 is 0 Å². The van der Waals surface area contributed by atoms with Crippen molar-refractivity contribution in [3.63, 3.8) is 0 Å². The minimum absolute atomic E-state index is 0.0513. The van der Waals surface area contributed by atoms with E-state index < -0.39 is 0 Å². The molecule has 90 valence electrons. The van der Waals surface area contributed by atoms with Crippen molar-refractivity contribution in [1.82, 2.24) is 4.57 Å². The number of fused-ring (bicyclic) bond motifs is 1. The molecule has 0 bridgehead atoms. The van der Waals surface area contributed by atoms with Gasteiger partial charge in [-0.1, -0.05) is 39.0 Å². The molecule has 0 unspecified atom stereocenters. The first kappa shape index (κ1) is 12.2. The predicted octanol–water partition coefficient (Wildman–Crippen LogP) is 3.43. The Labute approximate surface area is 106 Å². The number of hydrogen-bond acceptors (Lipinski definition) is 2. The van der Waals surface area contributed by atoms with E-state index in [1.807, 2.05) is 25.2 Å². The van der Waals surface area contributed by atoms with Gasteiger partial charge in [-0.2, -0.15) is 0 Å². The molecular formula is C14H17NOS. The molecule has 0 fully saturated rings. The zero-order chi connectivity index (χ0) is 12.6. The number of hydrogen-bond donors (Lipinski definition) is 0. The van der Waals surface area contributed by atoms with Crippen LogP contribution in [-0.2, 0) is 7.05 Å². The minimum Gasteiger partial charge on any atom is -0.311 e.